The standard InChI is InChI=1S/C14H21N3O/c1-14(10-18-11-14)17-8-6-16(7-9-17)13-4-2-12(15)3-5-13/h2-5H,6-11,15H2,1H3. The van der Waals surface area contributed by atoms with Crippen molar-refractivity contribution in [2.45, 2.75) is 12.5 Å². The molecule has 2 aliphatic heterocycles. The van der Waals surface area contributed by atoms with Gasteiger partial charge in [-0.05, 0) is 31.2 Å². The molecule has 4 nitrogen and oxygen atoms in total. The number of nitrogens with two attached hydrogens (primary N) is 1. The maximum Gasteiger partial charge on any atom is 0.0671 e. The maximum absolute atomic E-state index is 5.72. The first-order valence-electron chi connectivity index (χ1n) is 6.61. The quantitative estimate of drug-likeness (QED) is 0.797. The number of nitrogen functional groups attached to an aromatic ring is 1. The first-order valence-corrected chi connectivity index (χ1v) is 6.61. The van der Waals surface area contributed by atoms with Crippen LogP contribution in [0.4, 0.5) is 11.4 Å². The van der Waals surface area contributed by atoms with Gasteiger partial charge in [-0.1, -0.05) is 0 Å². The van der Waals surface area contributed by atoms with Gasteiger partial charge in [-0.15, -0.1) is 0 Å². The third-order valence-corrected chi connectivity index (χ3v) is 4.13. The maximum atomic E-state index is 5.72. The molecule has 0 aliphatic carbocycles. The molecule has 0 aromatic heterocycles. The predicted octanol–water partition coefficient (Wildman–Crippen LogP) is 1.18. The topological polar surface area (TPSA) is 41.7 Å². The van der Waals surface area contributed by atoms with Crippen LogP contribution in [0.1, 0.15) is 6.92 Å². The summed E-state index contributed by atoms with van der Waals surface area (Å²) in [5.41, 5.74) is 8.11. The minimum absolute atomic E-state index is 0.285. The Bertz CT molecular complexity index is 406. The molecule has 0 bridgehead atoms. The van der Waals surface area contributed by atoms with E-state index in [0.29, 0.717) is 0 Å². The lowest BCUT2D eigenvalue weighted by Crippen LogP contribution is -2.64. The van der Waals surface area contributed by atoms with Crippen LogP contribution in [-0.4, -0.2) is 49.8 Å². The number of ether oxygens (including phenoxy) is 1. The van der Waals surface area contributed by atoms with E-state index in [0.717, 1.165) is 45.1 Å². The fraction of sp³-hybridized carbons (Fsp3) is 0.571. The molecule has 2 aliphatic rings. The van der Waals surface area contributed by atoms with E-state index in [2.05, 4.69) is 28.9 Å². The summed E-state index contributed by atoms with van der Waals surface area (Å²) in [6, 6.07) is 8.17. The van der Waals surface area contributed by atoms with Crippen LogP contribution >= 0.6 is 0 Å². The molecule has 2 N–H and O–H groups in total. The van der Waals surface area contributed by atoms with Crippen LogP contribution in [0.5, 0.6) is 0 Å². The minimum atomic E-state index is 0.285. The number of anilines is 2. The molecule has 1 aromatic carbocycles. The van der Waals surface area contributed by atoms with Crippen LogP contribution in [0.2, 0.25) is 0 Å². The van der Waals surface area contributed by atoms with E-state index >= 15 is 0 Å². The summed E-state index contributed by atoms with van der Waals surface area (Å²) < 4.78 is 5.35. The summed E-state index contributed by atoms with van der Waals surface area (Å²) in [6.45, 7) is 8.46. The molecule has 0 spiro atoms. The second-order valence-electron chi connectivity index (χ2n) is 5.56. The fourth-order valence-electron chi connectivity index (χ4n) is 2.77. The molecule has 2 heterocycles. The van der Waals surface area contributed by atoms with Crippen molar-refractivity contribution in [3.63, 3.8) is 0 Å². The van der Waals surface area contributed by atoms with Gasteiger partial charge in [0.15, 0.2) is 0 Å². The summed E-state index contributed by atoms with van der Waals surface area (Å²) >= 11 is 0. The van der Waals surface area contributed by atoms with Crippen LogP contribution in [0.25, 0.3) is 0 Å². The van der Waals surface area contributed by atoms with E-state index in [-0.39, 0.29) is 5.54 Å². The highest BCUT2D eigenvalue weighted by Gasteiger charge is 2.40. The van der Waals surface area contributed by atoms with Crippen molar-refractivity contribution in [3.05, 3.63) is 24.3 Å². The van der Waals surface area contributed by atoms with Gasteiger partial charge >= 0.3 is 0 Å². The molecule has 3 rings (SSSR count). The highest BCUT2D eigenvalue weighted by atomic mass is 16.5. The van der Waals surface area contributed by atoms with Crippen molar-refractivity contribution >= 4 is 11.4 Å². The highest BCUT2D eigenvalue weighted by molar-refractivity contribution is 5.53. The van der Waals surface area contributed by atoms with E-state index in [1.54, 1.807) is 0 Å². The van der Waals surface area contributed by atoms with Gasteiger partial charge in [-0.25, -0.2) is 0 Å². The summed E-state index contributed by atoms with van der Waals surface area (Å²) in [5.74, 6) is 0. The molecule has 0 saturated carbocycles. The number of benzene rings is 1. The molecule has 0 unspecified atom stereocenters. The second-order valence-corrected chi connectivity index (χ2v) is 5.56. The molecule has 98 valence electrons. The van der Waals surface area contributed by atoms with Crippen LogP contribution in [0, 0.1) is 0 Å². The van der Waals surface area contributed by atoms with Gasteiger partial charge in [0, 0.05) is 37.6 Å². The highest BCUT2D eigenvalue weighted by Crippen LogP contribution is 2.27. The normalized spacial score (nSPS) is 23.7. The second kappa shape index (κ2) is 4.44. The van der Waals surface area contributed by atoms with Crippen LogP contribution in [-0.2, 0) is 4.74 Å². The third-order valence-electron chi connectivity index (χ3n) is 4.13. The Labute approximate surface area is 108 Å². The molecule has 2 fully saturated rings. The predicted molar refractivity (Wildman–Crippen MR) is 73.9 cm³/mol. The number of rotatable bonds is 2. The first kappa shape index (κ1) is 11.8. The zero-order valence-electron chi connectivity index (χ0n) is 10.9. The number of piperazine rings is 1. The van der Waals surface area contributed by atoms with Gasteiger partial charge in [-0.2, -0.15) is 0 Å². The van der Waals surface area contributed by atoms with Crippen molar-refractivity contribution in [3.8, 4) is 0 Å². The average Bonchev–Trinajstić information content (AvgIpc) is 2.37. The van der Waals surface area contributed by atoms with Crippen LogP contribution in [0.15, 0.2) is 24.3 Å². The Hall–Kier alpha value is -1.26. The van der Waals surface area contributed by atoms with Gasteiger partial charge in [0.1, 0.15) is 0 Å². The van der Waals surface area contributed by atoms with Crippen LogP contribution < -0.4 is 10.6 Å². The number of hydrogen-bond acceptors (Lipinski definition) is 4. The van der Waals surface area contributed by atoms with E-state index in [1.165, 1.54) is 5.69 Å². The zero-order valence-corrected chi connectivity index (χ0v) is 10.9. The zero-order chi connectivity index (χ0) is 12.6. The van der Waals surface area contributed by atoms with Crippen molar-refractivity contribution in [2.24, 2.45) is 0 Å². The lowest BCUT2D eigenvalue weighted by atomic mass is 9.97. The monoisotopic (exact) mass is 247 g/mol. The number of nitrogens with zero attached hydrogens (tertiary/aromatic N) is 2. The van der Waals surface area contributed by atoms with Crippen LogP contribution in [0.3, 0.4) is 0 Å². The van der Waals surface area contributed by atoms with Gasteiger partial charge < -0.3 is 15.4 Å². The first-order chi connectivity index (χ1) is 8.67. The largest absolute Gasteiger partial charge is 0.399 e. The molecule has 18 heavy (non-hydrogen) atoms. The molecule has 0 amide bonds. The number of hydrogen-bond donors (Lipinski definition) is 1. The minimum Gasteiger partial charge on any atom is -0.399 e. The molecule has 1 aromatic rings. The van der Waals surface area contributed by atoms with Gasteiger partial charge in [0.25, 0.3) is 0 Å². The van der Waals surface area contributed by atoms with Gasteiger partial charge in [-0.3, -0.25) is 4.90 Å². The Kier molecular flexibility index (Phi) is 2.92. The lowest BCUT2D eigenvalue weighted by Gasteiger charge is -2.50. The average molecular weight is 247 g/mol. The molecule has 0 atom stereocenters. The molecular formula is C14H21N3O. The SMILES string of the molecule is CC1(N2CCN(c3ccc(N)cc3)CC2)COC1. The van der Waals surface area contributed by atoms with Crippen molar-refractivity contribution in [1.29, 1.82) is 0 Å². The Balaban J connectivity index is 1.61. The van der Waals surface area contributed by atoms with Gasteiger partial charge in [0.2, 0.25) is 0 Å². The van der Waals surface area contributed by atoms with Crippen molar-refractivity contribution in [2.75, 3.05) is 50.0 Å². The summed E-state index contributed by atoms with van der Waals surface area (Å²) in [4.78, 5) is 4.99. The van der Waals surface area contributed by atoms with E-state index in [9.17, 15) is 0 Å². The Morgan fingerprint density at radius 1 is 1.06 bits per heavy atom. The van der Waals surface area contributed by atoms with E-state index in [1.807, 2.05) is 12.1 Å². The summed E-state index contributed by atoms with van der Waals surface area (Å²) in [6.07, 6.45) is 0. The van der Waals surface area contributed by atoms with E-state index in [4.69, 9.17) is 10.5 Å². The Morgan fingerprint density at radius 3 is 2.17 bits per heavy atom. The molecule has 2 saturated heterocycles. The molecule has 4 heteroatoms. The summed E-state index contributed by atoms with van der Waals surface area (Å²) in [7, 11) is 0. The van der Waals surface area contributed by atoms with E-state index < -0.39 is 0 Å². The fourth-order valence-corrected chi connectivity index (χ4v) is 2.77. The molecular weight excluding hydrogens is 226 g/mol. The smallest absolute Gasteiger partial charge is 0.0671 e. The molecule has 0 radical (unpaired) electrons. The van der Waals surface area contributed by atoms with Crippen molar-refractivity contribution < 1.29 is 4.74 Å². The summed E-state index contributed by atoms with van der Waals surface area (Å²) in [5, 5.41) is 0. The Morgan fingerprint density at radius 2 is 1.67 bits per heavy atom. The third kappa shape index (κ3) is 2.06. The van der Waals surface area contributed by atoms with Gasteiger partial charge in [0.05, 0.1) is 18.8 Å². The van der Waals surface area contributed by atoms with Crippen molar-refractivity contribution in [1.82, 2.24) is 4.90 Å². The lowest BCUT2D eigenvalue weighted by molar-refractivity contribution is -0.131.